The maximum absolute atomic E-state index is 11.9. The lowest BCUT2D eigenvalue weighted by atomic mass is 9.81. The predicted molar refractivity (Wildman–Crippen MR) is 452 cm³/mol. The number of furan rings is 2. The molecule has 19 aromatic carbocycles. The van der Waals surface area contributed by atoms with Crippen molar-refractivity contribution in [3.8, 4) is 170 Å². The van der Waals surface area contributed by atoms with E-state index < -0.39 is 92.0 Å². The van der Waals surface area contributed by atoms with Crippen LogP contribution in [-0.2, 0) is 0 Å². The molecule has 2 aromatic heterocycles. The van der Waals surface area contributed by atoms with Crippen LogP contribution < -0.4 is 0 Å². The Bertz CT molecular complexity index is 7740. The molecular formula is C98H60O18. The Morgan fingerprint density at radius 1 is 0.147 bits per heavy atom. The van der Waals surface area contributed by atoms with Gasteiger partial charge in [0, 0.05) is 86.9 Å². The van der Waals surface area contributed by atoms with E-state index in [4.69, 9.17) is 8.83 Å². The first-order chi connectivity index (χ1) is 56.2. The topological polar surface area (TPSA) is 350 Å². The molecule has 560 valence electrons. The standard InChI is InChI=1S/C50H30O9.C48H30O9/c51-43-39-37(28-15-18-35-33(21-28)34-20-25-9-3-4-10-26(25)22-36(34)59-35)40-42(46(54)50(58)48(56)44(40)52)38(41(39)45(53)49(57)47(43)55)32-17-16-29(30-11-5-6-12-31(30)32)27-14-13-23-7-1-2-8-24(23)19-27;49-41-37-35(27-15-17-29(23-9-3-1-4-10-23)30(20-27)24-11-5-2-6-12-24)38-40(44(52)48(56)46(54)42(38)50)36(39(37)43(51)47(55)45(41)53)28-16-18-33-31(21-28)32-19-25-13-7-8-14-26(25)22-34(32)57-33/h1-22,51-58H;1-22,49-56H. The molecule has 0 amide bonds. The summed E-state index contributed by atoms with van der Waals surface area (Å²) in [5.74, 6) is -15.1. The normalized spacial score (nSPS) is 11.8. The van der Waals surface area contributed by atoms with Gasteiger partial charge in [-0.15, -0.1) is 0 Å². The fourth-order valence-electron chi connectivity index (χ4n) is 17.2. The van der Waals surface area contributed by atoms with Crippen molar-refractivity contribution in [2.45, 2.75) is 0 Å². The minimum absolute atomic E-state index is 0.0208. The Morgan fingerprint density at radius 2 is 0.431 bits per heavy atom. The Hall–Kier alpha value is -16.3. The van der Waals surface area contributed by atoms with Crippen LogP contribution in [0.3, 0.4) is 0 Å². The molecule has 18 heteroatoms. The zero-order chi connectivity index (χ0) is 79.7. The van der Waals surface area contributed by atoms with Crippen LogP contribution in [-0.4, -0.2) is 81.7 Å². The van der Waals surface area contributed by atoms with Crippen LogP contribution in [0.1, 0.15) is 0 Å². The Balaban J connectivity index is 0.000000150. The van der Waals surface area contributed by atoms with E-state index in [1.807, 2.05) is 206 Å². The van der Waals surface area contributed by atoms with Crippen LogP contribution in [0.4, 0.5) is 0 Å². The van der Waals surface area contributed by atoms with Gasteiger partial charge < -0.3 is 90.5 Å². The lowest BCUT2D eigenvalue weighted by molar-refractivity contribution is 0.350. The van der Waals surface area contributed by atoms with Gasteiger partial charge in [0.1, 0.15) is 22.3 Å². The molecule has 0 aliphatic carbocycles. The second-order valence-electron chi connectivity index (χ2n) is 28.9. The van der Waals surface area contributed by atoms with Crippen LogP contribution in [0.25, 0.3) is 208 Å². The van der Waals surface area contributed by atoms with Gasteiger partial charge in [-0.25, -0.2) is 0 Å². The van der Waals surface area contributed by atoms with E-state index in [-0.39, 0.29) is 65.3 Å². The average Bonchev–Trinajstić information content (AvgIpc) is 0.706. The smallest absolute Gasteiger partial charge is 0.204 e. The number of aromatic hydroxyl groups is 16. The van der Waals surface area contributed by atoms with Crippen molar-refractivity contribution in [1.29, 1.82) is 0 Å². The summed E-state index contributed by atoms with van der Waals surface area (Å²) >= 11 is 0. The van der Waals surface area contributed by atoms with Crippen LogP contribution in [0.5, 0.6) is 92.0 Å². The number of phenols is 16. The molecule has 21 aromatic rings. The largest absolute Gasteiger partial charge is 0.504 e. The molecule has 0 bridgehead atoms. The molecule has 0 radical (unpaired) electrons. The minimum atomic E-state index is -1.04. The first kappa shape index (κ1) is 68.9. The number of phenolic OH excluding ortho intramolecular Hbond substituents is 16. The molecule has 16 N–H and O–H groups in total. The number of hydrogen-bond acceptors (Lipinski definition) is 18. The lowest BCUT2D eigenvalue weighted by Gasteiger charge is -2.23. The maximum atomic E-state index is 11.9. The zero-order valence-electron chi connectivity index (χ0n) is 60.4. The second kappa shape index (κ2) is 25.6. The lowest BCUT2D eigenvalue weighted by Crippen LogP contribution is -1.95. The van der Waals surface area contributed by atoms with E-state index in [2.05, 4.69) is 6.07 Å². The van der Waals surface area contributed by atoms with Gasteiger partial charge in [0.05, 0.1) is 0 Å². The molecule has 21 rings (SSSR count). The molecule has 0 aliphatic heterocycles. The highest BCUT2D eigenvalue weighted by Gasteiger charge is 2.36. The van der Waals surface area contributed by atoms with Crippen LogP contribution in [0.2, 0.25) is 0 Å². The van der Waals surface area contributed by atoms with E-state index in [1.54, 1.807) is 54.6 Å². The Labute approximate surface area is 653 Å². The van der Waals surface area contributed by atoms with E-state index in [1.165, 1.54) is 0 Å². The second-order valence-corrected chi connectivity index (χ2v) is 28.9. The van der Waals surface area contributed by atoms with Gasteiger partial charge in [-0.3, -0.25) is 0 Å². The fraction of sp³-hybridized carbons (Fsp3) is 0. The average molecular weight is 1530 g/mol. The van der Waals surface area contributed by atoms with E-state index in [9.17, 15) is 81.7 Å². The fourth-order valence-corrected chi connectivity index (χ4v) is 17.2. The van der Waals surface area contributed by atoms with Gasteiger partial charge in [0.25, 0.3) is 0 Å². The first-order valence-electron chi connectivity index (χ1n) is 36.7. The van der Waals surface area contributed by atoms with Gasteiger partial charge in [0.15, 0.2) is 46.0 Å². The van der Waals surface area contributed by atoms with Gasteiger partial charge in [-0.2, -0.15) is 0 Å². The van der Waals surface area contributed by atoms with Crippen LogP contribution >= 0.6 is 0 Å². The summed E-state index contributed by atoms with van der Waals surface area (Å²) in [5, 5.41) is 192. The summed E-state index contributed by atoms with van der Waals surface area (Å²) in [6, 6.07) is 83.1. The summed E-state index contributed by atoms with van der Waals surface area (Å²) in [4.78, 5) is 0. The maximum Gasteiger partial charge on any atom is 0.204 e. The van der Waals surface area contributed by atoms with E-state index in [0.717, 1.165) is 81.9 Å². The summed E-state index contributed by atoms with van der Waals surface area (Å²) < 4.78 is 12.5. The van der Waals surface area contributed by atoms with Crippen molar-refractivity contribution in [2.75, 3.05) is 0 Å². The third-order valence-corrected chi connectivity index (χ3v) is 22.6. The molecule has 0 saturated carbocycles. The Morgan fingerprint density at radius 3 is 0.836 bits per heavy atom. The van der Waals surface area contributed by atoms with Crippen molar-refractivity contribution in [2.24, 2.45) is 0 Å². The molecule has 0 saturated heterocycles. The molecule has 0 aliphatic rings. The van der Waals surface area contributed by atoms with Crippen molar-refractivity contribution in [1.82, 2.24) is 0 Å². The molecule has 0 spiro atoms. The van der Waals surface area contributed by atoms with Crippen LogP contribution in [0.15, 0.2) is 276 Å². The number of rotatable bonds is 7. The zero-order valence-corrected chi connectivity index (χ0v) is 60.4. The van der Waals surface area contributed by atoms with Crippen LogP contribution in [0, 0.1) is 0 Å². The van der Waals surface area contributed by atoms with Crippen molar-refractivity contribution >= 4 is 130 Å². The monoisotopic (exact) mass is 1520 g/mol. The van der Waals surface area contributed by atoms with Gasteiger partial charge in [0.2, 0.25) is 46.0 Å². The molecule has 18 nitrogen and oxygen atoms in total. The SMILES string of the molecule is Oc1c(O)c(O)c2c(-c3ccc(-c4ccc5ccccc5c4)c4ccccc34)c3c(O)c(O)c(O)c(O)c3c(-c3ccc4oc5cc6ccccc6cc5c4c3)c2c1O.Oc1c(O)c(O)c2c(-c3ccc4oc5cc6ccccc6cc5c4c3)c3c(O)c(O)c(O)c(O)c3c(-c3ccc(-c4ccccc4)c(-c4ccccc4)c3)c2c1O. The number of fused-ring (bicyclic) bond motifs is 14. The number of benzene rings is 19. The third kappa shape index (κ3) is 10.1. The summed E-state index contributed by atoms with van der Waals surface area (Å²) in [6.07, 6.45) is 0. The molecule has 116 heavy (non-hydrogen) atoms. The van der Waals surface area contributed by atoms with Gasteiger partial charge in [-0.1, -0.05) is 206 Å². The number of hydrogen-bond donors (Lipinski definition) is 16. The summed E-state index contributed by atoms with van der Waals surface area (Å²) in [6.45, 7) is 0. The van der Waals surface area contributed by atoms with Crippen molar-refractivity contribution in [3.05, 3.63) is 267 Å². The Kier molecular flexibility index (Phi) is 15.2. The highest BCUT2D eigenvalue weighted by atomic mass is 16.4. The summed E-state index contributed by atoms with van der Waals surface area (Å²) in [7, 11) is 0. The van der Waals surface area contributed by atoms with Gasteiger partial charge in [-0.05, 0) is 159 Å². The first-order valence-corrected chi connectivity index (χ1v) is 36.7. The van der Waals surface area contributed by atoms with Crippen molar-refractivity contribution < 1.29 is 90.5 Å². The van der Waals surface area contributed by atoms with E-state index >= 15 is 0 Å². The van der Waals surface area contributed by atoms with Crippen molar-refractivity contribution in [3.63, 3.8) is 0 Å². The molecule has 0 unspecified atom stereocenters. The molecule has 0 fully saturated rings. The highest BCUT2D eigenvalue weighted by Crippen LogP contribution is 2.65. The van der Waals surface area contributed by atoms with E-state index in [0.29, 0.717) is 60.7 Å². The molecule has 0 atom stereocenters. The predicted octanol–water partition coefficient (Wildman–Crippen LogP) is 23.4. The summed E-state index contributed by atoms with van der Waals surface area (Å²) in [5.41, 5.74) is 8.41. The highest BCUT2D eigenvalue weighted by molar-refractivity contribution is 6.33. The molecule has 2 heterocycles. The van der Waals surface area contributed by atoms with Gasteiger partial charge >= 0.3 is 0 Å². The minimum Gasteiger partial charge on any atom is -0.504 e. The quantitative estimate of drug-likeness (QED) is 0.0400. The third-order valence-electron chi connectivity index (χ3n) is 22.6. The molecular weight excluding hydrogens is 1470 g/mol.